The van der Waals surface area contributed by atoms with Crippen molar-refractivity contribution in [1.29, 1.82) is 0 Å². The molecule has 16 heavy (non-hydrogen) atoms. The lowest BCUT2D eigenvalue weighted by Crippen LogP contribution is -2.37. The monoisotopic (exact) mass is 223 g/mol. The van der Waals surface area contributed by atoms with E-state index in [0.717, 1.165) is 0 Å². The number of aryl methyl sites for hydroxylation is 1. The lowest BCUT2D eigenvalue weighted by Gasteiger charge is -2.19. The van der Waals surface area contributed by atoms with Gasteiger partial charge in [-0.25, -0.2) is 4.79 Å². The molecule has 1 saturated carbocycles. The maximum atomic E-state index is 11.7. The second kappa shape index (κ2) is 4.63. The van der Waals surface area contributed by atoms with Gasteiger partial charge in [0.1, 0.15) is 0 Å². The lowest BCUT2D eigenvalue weighted by atomic mass is 9.96. The van der Waals surface area contributed by atoms with E-state index in [-0.39, 0.29) is 5.56 Å². The number of anilines is 1. The Labute approximate surface area is 94.9 Å². The van der Waals surface area contributed by atoms with E-state index >= 15 is 0 Å². The fourth-order valence-corrected chi connectivity index (χ4v) is 2.17. The normalized spacial score (nSPS) is 17.4. The fraction of sp³-hybridized carbons (Fsp3) is 0.727. The van der Waals surface area contributed by atoms with Crippen molar-refractivity contribution in [3.05, 3.63) is 16.0 Å². The molecule has 0 bridgehead atoms. The molecule has 1 aromatic rings. The average molecular weight is 223 g/mol. The standard InChI is InChI=1S/C11H18N4O/c1-8-10(16)15(2)11(14-13-8)12-9-6-4-3-5-7-9/h9H,3-7H2,1-2H3,(H,12,14)/p+1. The summed E-state index contributed by atoms with van der Waals surface area (Å²) in [5.74, 6) is 0.711. The Kier molecular flexibility index (Phi) is 3.22. The average Bonchev–Trinajstić information content (AvgIpc) is 2.31. The third kappa shape index (κ3) is 2.23. The second-order valence-electron chi connectivity index (χ2n) is 4.50. The van der Waals surface area contributed by atoms with Crippen LogP contribution in [0.3, 0.4) is 0 Å². The lowest BCUT2D eigenvalue weighted by molar-refractivity contribution is -0.446. The molecule has 1 aliphatic rings. The van der Waals surface area contributed by atoms with Crippen molar-refractivity contribution in [3.63, 3.8) is 0 Å². The zero-order valence-corrected chi connectivity index (χ0v) is 9.92. The Morgan fingerprint density at radius 1 is 1.38 bits per heavy atom. The van der Waals surface area contributed by atoms with Crippen molar-refractivity contribution in [3.8, 4) is 0 Å². The minimum Gasteiger partial charge on any atom is -0.273 e. The summed E-state index contributed by atoms with van der Waals surface area (Å²) in [5.41, 5.74) is 0.453. The Morgan fingerprint density at radius 3 is 2.75 bits per heavy atom. The van der Waals surface area contributed by atoms with E-state index in [9.17, 15) is 4.79 Å². The summed E-state index contributed by atoms with van der Waals surface area (Å²) in [6, 6.07) is 0.472. The van der Waals surface area contributed by atoms with Gasteiger partial charge in [-0.05, 0) is 19.8 Å². The van der Waals surface area contributed by atoms with E-state index in [2.05, 4.69) is 15.5 Å². The molecular weight excluding hydrogens is 204 g/mol. The molecule has 0 aromatic carbocycles. The van der Waals surface area contributed by atoms with Gasteiger partial charge in [-0.1, -0.05) is 19.3 Å². The number of aromatic amines is 1. The Bertz CT molecular complexity index is 420. The maximum Gasteiger partial charge on any atom is 0.377 e. The molecule has 0 spiro atoms. The maximum absolute atomic E-state index is 11.7. The number of H-pyrrole nitrogens is 1. The molecule has 5 heteroatoms. The first-order valence-electron chi connectivity index (χ1n) is 5.90. The fourth-order valence-electron chi connectivity index (χ4n) is 2.17. The number of rotatable bonds is 2. The molecule has 0 radical (unpaired) electrons. The third-order valence-electron chi connectivity index (χ3n) is 3.23. The summed E-state index contributed by atoms with van der Waals surface area (Å²) in [7, 11) is 1.76. The van der Waals surface area contributed by atoms with Crippen LogP contribution in [0.5, 0.6) is 0 Å². The molecule has 0 atom stereocenters. The van der Waals surface area contributed by atoms with Crippen LogP contribution in [0.25, 0.3) is 0 Å². The van der Waals surface area contributed by atoms with Gasteiger partial charge in [0.15, 0.2) is 5.69 Å². The highest BCUT2D eigenvalue weighted by atomic mass is 16.1. The summed E-state index contributed by atoms with van der Waals surface area (Å²) in [5, 5.41) is 10.2. The summed E-state index contributed by atoms with van der Waals surface area (Å²) in [6.07, 6.45) is 6.22. The van der Waals surface area contributed by atoms with Gasteiger partial charge < -0.3 is 0 Å². The molecule has 1 aliphatic carbocycles. The zero-order valence-electron chi connectivity index (χ0n) is 9.92. The second-order valence-corrected chi connectivity index (χ2v) is 4.50. The number of nitrogens with zero attached hydrogens (tertiary/aromatic N) is 2. The third-order valence-corrected chi connectivity index (χ3v) is 3.23. The Morgan fingerprint density at radius 2 is 2.06 bits per heavy atom. The number of hydrogen-bond donors (Lipinski definition) is 1. The van der Waals surface area contributed by atoms with Gasteiger partial charge in [-0.3, -0.25) is 5.32 Å². The van der Waals surface area contributed by atoms with Crippen LogP contribution in [0.1, 0.15) is 37.8 Å². The van der Waals surface area contributed by atoms with Crippen LogP contribution in [-0.4, -0.2) is 15.7 Å². The molecule has 1 heterocycles. The first-order valence-corrected chi connectivity index (χ1v) is 5.90. The van der Waals surface area contributed by atoms with Crippen LogP contribution in [-0.2, 0) is 7.05 Å². The summed E-state index contributed by atoms with van der Waals surface area (Å²) < 4.78 is 1.59. The first-order chi connectivity index (χ1) is 7.68. The van der Waals surface area contributed by atoms with E-state index in [1.54, 1.807) is 18.5 Å². The Balaban J connectivity index is 2.15. The number of aromatic nitrogens is 3. The summed E-state index contributed by atoms with van der Waals surface area (Å²) in [4.78, 5) is 11.7. The predicted octanol–water partition coefficient (Wildman–Crippen LogP) is 0.647. The SMILES string of the molecule is Cc1n[nH+]c(NC2CCCCC2)n(C)c1=O. The molecule has 2 N–H and O–H groups in total. The van der Waals surface area contributed by atoms with Crippen LogP contribution in [0.4, 0.5) is 5.95 Å². The molecule has 1 fully saturated rings. The van der Waals surface area contributed by atoms with Crippen LogP contribution in [0.15, 0.2) is 4.79 Å². The van der Waals surface area contributed by atoms with Crippen LogP contribution < -0.4 is 16.0 Å². The molecular formula is C11H19N4O+. The van der Waals surface area contributed by atoms with Gasteiger partial charge in [0.05, 0.1) is 13.1 Å². The van der Waals surface area contributed by atoms with Gasteiger partial charge in [-0.2, -0.15) is 9.67 Å². The minimum atomic E-state index is -0.0444. The van der Waals surface area contributed by atoms with Crippen molar-refractivity contribution in [2.24, 2.45) is 7.05 Å². The van der Waals surface area contributed by atoms with Crippen molar-refractivity contribution in [2.75, 3.05) is 5.32 Å². The topological polar surface area (TPSA) is 61.1 Å². The van der Waals surface area contributed by atoms with Gasteiger partial charge in [-0.15, -0.1) is 5.10 Å². The molecule has 0 unspecified atom stereocenters. The van der Waals surface area contributed by atoms with Crippen LogP contribution in [0, 0.1) is 6.92 Å². The van der Waals surface area contributed by atoms with Crippen molar-refractivity contribution in [2.45, 2.75) is 45.1 Å². The van der Waals surface area contributed by atoms with Gasteiger partial charge in [0, 0.05) is 0 Å². The molecule has 0 aliphatic heterocycles. The smallest absolute Gasteiger partial charge is 0.273 e. The van der Waals surface area contributed by atoms with Crippen molar-refractivity contribution in [1.82, 2.24) is 9.67 Å². The first kappa shape index (κ1) is 11.1. The van der Waals surface area contributed by atoms with Crippen LogP contribution >= 0.6 is 0 Å². The largest absolute Gasteiger partial charge is 0.377 e. The summed E-state index contributed by atoms with van der Waals surface area (Å²) >= 11 is 0. The predicted molar refractivity (Wildman–Crippen MR) is 61.3 cm³/mol. The van der Waals surface area contributed by atoms with E-state index in [4.69, 9.17) is 0 Å². The molecule has 88 valence electrons. The summed E-state index contributed by atoms with van der Waals surface area (Å²) in [6.45, 7) is 1.71. The van der Waals surface area contributed by atoms with E-state index in [1.165, 1.54) is 32.1 Å². The molecule has 0 saturated heterocycles. The molecule has 5 nitrogen and oxygen atoms in total. The van der Waals surface area contributed by atoms with Crippen molar-refractivity contribution < 1.29 is 5.10 Å². The van der Waals surface area contributed by atoms with E-state index in [0.29, 0.717) is 17.7 Å². The quantitative estimate of drug-likeness (QED) is 0.800. The van der Waals surface area contributed by atoms with Gasteiger partial charge in [0.25, 0.3) is 0 Å². The molecule has 1 aromatic heterocycles. The molecule has 2 rings (SSSR count). The zero-order chi connectivity index (χ0) is 11.5. The van der Waals surface area contributed by atoms with E-state index < -0.39 is 0 Å². The number of nitrogens with one attached hydrogen (secondary N) is 2. The minimum absolute atomic E-state index is 0.0444. The highest BCUT2D eigenvalue weighted by Crippen LogP contribution is 2.19. The van der Waals surface area contributed by atoms with Crippen LogP contribution in [0.2, 0.25) is 0 Å². The Hall–Kier alpha value is -1.39. The highest BCUT2D eigenvalue weighted by molar-refractivity contribution is 5.20. The highest BCUT2D eigenvalue weighted by Gasteiger charge is 2.20. The van der Waals surface area contributed by atoms with Gasteiger partial charge >= 0.3 is 11.5 Å². The number of hydrogen-bond acceptors (Lipinski definition) is 3. The van der Waals surface area contributed by atoms with E-state index in [1.807, 2.05) is 0 Å². The van der Waals surface area contributed by atoms with Crippen molar-refractivity contribution >= 4 is 5.95 Å². The molecule has 0 amide bonds. The van der Waals surface area contributed by atoms with Gasteiger partial charge in [0.2, 0.25) is 0 Å².